The normalized spacial score (nSPS) is 12.1. The smallest absolute Gasteiger partial charge is 0.218 e. The Morgan fingerprint density at radius 3 is 2.59 bits per heavy atom. The average molecular weight is 296 g/mol. The van der Waals surface area contributed by atoms with E-state index >= 15 is 0 Å². The Balaban J connectivity index is 2.07. The van der Waals surface area contributed by atoms with Crippen LogP contribution in [-0.2, 0) is 4.79 Å². The van der Waals surface area contributed by atoms with Crippen molar-refractivity contribution in [3.63, 3.8) is 0 Å². The predicted molar refractivity (Wildman–Crippen MR) is 82.5 cm³/mol. The number of methoxy groups -OCH3 is 1. The van der Waals surface area contributed by atoms with Crippen molar-refractivity contribution in [1.82, 2.24) is 20.3 Å². The van der Waals surface area contributed by atoms with Crippen LogP contribution in [0, 0.1) is 0 Å². The molecule has 1 heterocycles. The van der Waals surface area contributed by atoms with Gasteiger partial charge < -0.3 is 10.1 Å². The van der Waals surface area contributed by atoms with Crippen LogP contribution in [0.15, 0.2) is 48.5 Å². The number of para-hydroxylation sites is 1. The zero-order valence-electron chi connectivity index (χ0n) is 12.4. The van der Waals surface area contributed by atoms with E-state index in [1.807, 2.05) is 48.5 Å². The molecular formula is C16H16N4O2. The highest BCUT2D eigenvalue weighted by atomic mass is 16.5. The van der Waals surface area contributed by atoms with Crippen molar-refractivity contribution in [2.24, 2.45) is 0 Å². The summed E-state index contributed by atoms with van der Waals surface area (Å²) in [6.45, 7) is 1.48. The molecular weight excluding hydrogens is 280 g/mol. The van der Waals surface area contributed by atoms with Crippen LogP contribution >= 0.6 is 0 Å². The quantitative estimate of drug-likeness (QED) is 0.800. The third-order valence-electron chi connectivity index (χ3n) is 3.39. The van der Waals surface area contributed by atoms with Gasteiger partial charge in [-0.2, -0.15) is 0 Å². The number of benzene rings is 2. The fourth-order valence-corrected chi connectivity index (χ4v) is 2.34. The summed E-state index contributed by atoms with van der Waals surface area (Å²) < 4.78 is 6.88. The molecule has 0 saturated heterocycles. The zero-order chi connectivity index (χ0) is 15.5. The van der Waals surface area contributed by atoms with Gasteiger partial charge in [-0.3, -0.25) is 4.79 Å². The van der Waals surface area contributed by atoms with E-state index in [0.717, 1.165) is 22.3 Å². The monoisotopic (exact) mass is 296 g/mol. The molecule has 3 rings (SSSR count). The lowest BCUT2D eigenvalue weighted by Gasteiger charge is -2.19. The molecule has 22 heavy (non-hydrogen) atoms. The molecule has 112 valence electrons. The molecule has 0 aliphatic rings. The number of carbonyl (C=O) groups is 1. The number of nitrogens with zero attached hydrogens (tertiary/aromatic N) is 3. The molecule has 0 aliphatic carbocycles. The van der Waals surface area contributed by atoms with Gasteiger partial charge in [-0.25, -0.2) is 4.68 Å². The molecule has 1 aromatic heterocycles. The third-order valence-corrected chi connectivity index (χ3v) is 3.39. The molecule has 1 atom stereocenters. The van der Waals surface area contributed by atoms with Gasteiger partial charge in [0.05, 0.1) is 12.6 Å². The minimum Gasteiger partial charge on any atom is -0.497 e. The standard InChI is InChI=1S/C16H16N4O2/c1-11(21)17-16(12-7-9-13(22-2)10-8-12)20-15-6-4-3-5-14(15)18-19-20/h3-10,16H,1-2H3,(H,17,21)/t16-/m1/s1. The Labute approximate surface area is 127 Å². The fraction of sp³-hybridized carbons (Fsp3) is 0.188. The summed E-state index contributed by atoms with van der Waals surface area (Å²) in [4.78, 5) is 11.6. The van der Waals surface area contributed by atoms with Crippen LogP contribution in [0.1, 0.15) is 18.7 Å². The summed E-state index contributed by atoms with van der Waals surface area (Å²) >= 11 is 0. The van der Waals surface area contributed by atoms with Gasteiger partial charge >= 0.3 is 0 Å². The lowest BCUT2D eigenvalue weighted by atomic mass is 10.1. The van der Waals surface area contributed by atoms with Crippen molar-refractivity contribution >= 4 is 16.9 Å². The first-order valence-corrected chi connectivity index (χ1v) is 6.90. The first-order chi connectivity index (χ1) is 10.7. The Hall–Kier alpha value is -2.89. The average Bonchev–Trinajstić information content (AvgIpc) is 2.96. The predicted octanol–water partition coefficient (Wildman–Crippen LogP) is 2.12. The van der Waals surface area contributed by atoms with Crippen molar-refractivity contribution in [2.45, 2.75) is 13.1 Å². The lowest BCUT2D eigenvalue weighted by Crippen LogP contribution is -2.32. The van der Waals surface area contributed by atoms with Crippen molar-refractivity contribution in [1.29, 1.82) is 0 Å². The summed E-state index contributed by atoms with van der Waals surface area (Å²) in [5.74, 6) is 0.620. The molecule has 0 spiro atoms. The number of amides is 1. The van der Waals surface area contributed by atoms with Crippen LogP contribution in [0.3, 0.4) is 0 Å². The van der Waals surface area contributed by atoms with Crippen LogP contribution in [0.4, 0.5) is 0 Å². The van der Waals surface area contributed by atoms with Gasteiger partial charge in [0, 0.05) is 6.92 Å². The molecule has 1 amide bonds. The second-order valence-electron chi connectivity index (χ2n) is 4.90. The van der Waals surface area contributed by atoms with E-state index in [-0.39, 0.29) is 5.91 Å². The SMILES string of the molecule is COc1ccc([C@H](NC(C)=O)n2nnc3ccccc32)cc1. The summed E-state index contributed by atoms with van der Waals surface area (Å²) in [7, 11) is 1.62. The summed E-state index contributed by atoms with van der Waals surface area (Å²) in [6.07, 6.45) is -0.421. The molecule has 0 radical (unpaired) electrons. The van der Waals surface area contributed by atoms with E-state index in [0.29, 0.717) is 0 Å². The topological polar surface area (TPSA) is 69.0 Å². The number of fused-ring (bicyclic) bond motifs is 1. The minimum atomic E-state index is -0.421. The first kappa shape index (κ1) is 14.1. The van der Waals surface area contributed by atoms with E-state index in [1.165, 1.54) is 6.92 Å². The Kier molecular flexibility index (Phi) is 3.74. The van der Waals surface area contributed by atoms with Gasteiger partial charge in [-0.15, -0.1) is 5.10 Å². The van der Waals surface area contributed by atoms with Crippen LogP contribution in [-0.4, -0.2) is 28.0 Å². The summed E-state index contributed by atoms with van der Waals surface area (Å²) in [5.41, 5.74) is 2.54. The van der Waals surface area contributed by atoms with Gasteiger partial charge in [-0.1, -0.05) is 29.5 Å². The van der Waals surface area contributed by atoms with Gasteiger partial charge in [0.15, 0.2) is 6.17 Å². The zero-order valence-corrected chi connectivity index (χ0v) is 12.4. The third kappa shape index (κ3) is 2.63. The molecule has 0 aliphatic heterocycles. The second kappa shape index (κ2) is 5.85. The molecule has 3 aromatic rings. The van der Waals surface area contributed by atoms with Crippen molar-refractivity contribution < 1.29 is 9.53 Å². The van der Waals surface area contributed by atoms with E-state index in [4.69, 9.17) is 4.74 Å². The van der Waals surface area contributed by atoms with Crippen molar-refractivity contribution in [3.05, 3.63) is 54.1 Å². The van der Waals surface area contributed by atoms with E-state index in [2.05, 4.69) is 15.6 Å². The van der Waals surface area contributed by atoms with Gasteiger partial charge in [-0.05, 0) is 29.8 Å². The first-order valence-electron chi connectivity index (χ1n) is 6.90. The highest BCUT2D eigenvalue weighted by molar-refractivity contribution is 5.76. The Morgan fingerprint density at radius 2 is 1.91 bits per heavy atom. The van der Waals surface area contributed by atoms with Gasteiger partial charge in [0.2, 0.25) is 5.91 Å². The Bertz CT molecular complexity index is 795. The van der Waals surface area contributed by atoms with E-state index < -0.39 is 6.17 Å². The van der Waals surface area contributed by atoms with Crippen LogP contribution in [0.25, 0.3) is 11.0 Å². The maximum absolute atomic E-state index is 11.6. The number of nitrogens with one attached hydrogen (secondary N) is 1. The molecule has 0 saturated carbocycles. The molecule has 0 fully saturated rings. The maximum atomic E-state index is 11.6. The van der Waals surface area contributed by atoms with Crippen LogP contribution < -0.4 is 10.1 Å². The van der Waals surface area contributed by atoms with Gasteiger partial charge in [0.1, 0.15) is 11.3 Å². The second-order valence-corrected chi connectivity index (χ2v) is 4.90. The molecule has 0 bridgehead atoms. The highest BCUT2D eigenvalue weighted by Crippen LogP contribution is 2.22. The Morgan fingerprint density at radius 1 is 1.18 bits per heavy atom. The van der Waals surface area contributed by atoms with Crippen LogP contribution in [0.5, 0.6) is 5.75 Å². The number of carbonyl (C=O) groups excluding carboxylic acids is 1. The van der Waals surface area contributed by atoms with Crippen LogP contribution in [0.2, 0.25) is 0 Å². The molecule has 6 nitrogen and oxygen atoms in total. The highest BCUT2D eigenvalue weighted by Gasteiger charge is 2.18. The minimum absolute atomic E-state index is 0.139. The molecule has 0 unspecified atom stereocenters. The number of hydrogen-bond donors (Lipinski definition) is 1. The van der Waals surface area contributed by atoms with Gasteiger partial charge in [0.25, 0.3) is 0 Å². The summed E-state index contributed by atoms with van der Waals surface area (Å²) in [6, 6.07) is 15.1. The number of ether oxygens (including phenoxy) is 1. The number of aromatic nitrogens is 3. The molecule has 6 heteroatoms. The molecule has 2 aromatic carbocycles. The van der Waals surface area contributed by atoms with E-state index in [1.54, 1.807) is 11.8 Å². The number of hydrogen-bond acceptors (Lipinski definition) is 4. The lowest BCUT2D eigenvalue weighted by molar-refractivity contribution is -0.119. The maximum Gasteiger partial charge on any atom is 0.218 e. The van der Waals surface area contributed by atoms with E-state index in [9.17, 15) is 4.79 Å². The molecule has 1 N–H and O–H groups in total. The van der Waals surface area contributed by atoms with Crippen molar-refractivity contribution in [2.75, 3.05) is 7.11 Å². The van der Waals surface area contributed by atoms with Crippen molar-refractivity contribution in [3.8, 4) is 5.75 Å². The fourth-order valence-electron chi connectivity index (χ4n) is 2.34. The largest absolute Gasteiger partial charge is 0.497 e. The number of rotatable bonds is 4. The summed E-state index contributed by atoms with van der Waals surface area (Å²) in [5, 5.41) is 11.2.